The lowest BCUT2D eigenvalue weighted by atomic mass is 10.1. The molecule has 0 fully saturated rings. The molecule has 9 heteroatoms. The molecule has 1 aromatic heterocycles. The summed E-state index contributed by atoms with van der Waals surface area (Å²) in [5, 5.41) is 14.7. The number of nitrogens with zero attached hydrogens (tertiary/aromatic N) is 4. The van der Waals surface area contributed by atoms with Gasteiger partial charge in [0, 0.05) is 37.8 Å². The maximum absolute atomic E-state index is 12.4. The van der Waals surface area contributed by atoms with Gasteiger partial charge >= 0.3 is 6.03 Å². The van der Waals surface area contributed by atoms with Gasteiger partial charge in [0.2, 0.25) is 5.91 Å². The lowest BCUT2D eigenvalue weighted by molar-refractivity contribution is -0.127. The standard InChI is InChI=1S/C22H26N6O2S/c1-15(31-22-26-23-14-28(22)4)17-6-5-7-19(13-17)25-21(30)24-18-10-8-16(9-11-18)12-20(29)27(2)3/h5-11,13-15H,12H2,1-4H3,(H2,24,25,30). The molecule has 0 spiro atoms. The van der Waals surface area contributed by atoms with Gasteiger partial charge in [-0.3, -0.25) is 4.79 Å². The van der Waals surface area contributed by atoms with Gasteiger partial charge in [0.15, 0.2) is 5.16 Å². The number of aromatic nitrogens is 3. The van der Waals surface area contributed by atoms with Crippen LogP contribution in [-0.4, -0.2) is 45.7 Å². The summed E-state index contributed by atoms with van der Waals surface area (Å²) in [5.41, 5.74) is 3.32. The van der Waals surface area contributed by atoms with Crippen LogP contribution in [-0.2, 0) is 18.3 Å². The van der Waals surface area contributed by atoms with E-state index in [-0.39, 0.29) is 17.2 Å². The predicted molar refractivity (Wildman–Crippen MR) is 123 cm³/mol. The zero-order chi connectivity index (χ0) is 22.4. The van der Waals surface area contributed by atoms with Crippen molar-refractivity contribution in [2.75, 3.05) is 24.7 Å². The molecule has 0 aliphatic heterocycles. The van der Waals surface area contributed by atoms with Crippen LogP contribution >= 0.6 is 11.8 Å². The van der Waals surface area contributed by atoms with E-state index in [1.165, 1.54) is 0 Å². The van der Waals surface area contributed by atoms with E-state index in [0.29, 0.717) is 17.8 Å². The molecule has 2 N–H and O–H groups in total. The van der Waals surface area contributed by atoms with E-state index in [0.717, 1.165) is 16.3 Å². The Balaban J connectivity index is 1.57. The van der Waals surface area contributed by atoms with Crippen LogP contribution in [0.15, 0.2) is 60.0 Å². The molecule has 0 bridgehead atoms. The number of urea groups is 1. The highest BCUT2D eigenvalue weighted by Gasteiger charge is 2.12. The smallest absolute Gasteiger partial charge is 0.323 e. The number of hydrogen-bond acceptors (Lipinski definition) is 5. The van der Waals surface area contributed by atoms with E-state index in [4.69, 9.17) is 0 Å². The molecule has 1 heterocycles. The molecule has 0 aliphatic rings. The second kappa shape index (κ2) is 10.1. The fourth-order valence-corrected chi connectivity index (χ4v) is 3.71. The van der Waals surface area contributed by atoms with Gasteiger partial charge in [0.1, 0.15) is 6.33 Å². The van der Waals surface area contributed by atoms with Crippen LogP contribution in [0, 0.1) is 0 Å². The second-order valence-electron chi connectivity index (χ2n) is 7.35. The fraction of sp³-hybridized carbons (Fsp3) is 0.273. The SMILES string of the molecule is CC(Sc1nncn1C)c1cccc(NC(=O)Nc2ccc(CC(=O)N(C)C)cc2)c1. The average molecular weight is 439 g/mol. The van der Waals surface area contributed by atoms with Crippen LogP contribution in [0.3, 0.4) is 0 Å². The first-order valence-corrected chi connectivity index (χ1v) is 10.7. The van der Waals surface area contributed by atoms with E-state index in [2.05, 4.69) is 27.8 Å². The Labute approximate surface area is 186 Å². The third-order valence-electron chi connectivity index (χ3n) is 4.63. The van der Waals surface area contributed by atoms with Crippen molar-refractivity contribution in [1.82, 2.24) is 19.7 Å². The molecule has 3 rings (SSSR count). The maximum Gasteiger partial charge on any atom is 0.323 e. The molecule has 3 aromatic rings. The molecular weight excluding hydrogens is 412 g/mol. The Morgan fingerprint density at radius 2 is 1.81 bits per heavy atom. The molecule has 31 heavy (non-hydrogen) atoms. The summed E-state index contributed by atoms with van der Waals surface area (Å²) in [4.78, 5) is 25.8. The number of likely N-dealkylation sites (N-methyl/N-ethyl adjacent to an activating group) is 1. The minimum absolute atomic E-state index is 0.0323. The number of carbonyl (C=O) groups is 2. The first kappa shape index (κ1) is 22.4. The minimum Gasteiger partial charge on any atom is -0.349 e. The van der Waals surface area contributed by atoms with E-state index < -0.39 is 0 Å². The number of amides is 3. The normalized spacial score (nSPS) is 11.6. The first-order valence-electron chi connectivity index (χ1n) is 9.79. The van der Waals surface area contributed by atoms with Crippen LogP contribution < -0.4 is 10.6 Å². The van der Waals surface area contributed by atoms with Gasteiger partial charge in [-0.05, 0) is 42.3 Å². The summed E-state index contributed by atoms with van der Waals surface area (Å²) in [6.45, 7) is 2.08. The van der Waals surface area contributed by atoms with Crippen molar-refractivity contribution in [3.8, 4) is 0 Å². The lowest BCUT2D eigenvalue weighted by Gasteiger charge is -2.13. The summed E-state index contributed by atoms with van der Waals surface area (Å²) in [7, 11) is 5.36. The number of rotatable bonds is 7. The molecule has 1 unspecified atom stereocenters. The topological polar surface area (TPSA) is 92.1 Å². The monoisotopic (exact) mass is 438 g/mol. The van der Waals surface area contributed by atoms with Gasteiger partial charge in [0.25, 0.3) is 0 Å². The fourth-order valence-electron chi connectivity index (χ4n) is 2.81. The van der Waals surface area contributed by atoms with Crippen LogP contribution in [0.1, 0.15) is 23.3 Å². The van der Waals surface area contributed by atoms with Crippen LogP contribution in [0.5, 0.6) is 0 Å². The largest absolute Gasteiger partial charge is 0.349 e. The average Bonchev–Trinajstić information content (AvgIpc) is 3.14. The van der Waals surface area contributed by atoms with E-state index in [1.54, 1.807) is 49.2 Å². The quantitative estimate of drug-likeness (QED) is 0.545. The highest BCUT2D eigenvalue weighted by molar-refractivity contribution is 7.99. The number of thioether (sulfide) groups is 1. The van der Waals surface area contributed by atoms with Gasteiger partial charge in [-0.2, -0.15) is 0 Å². The molecule has 8 nitrogen and oxygen atoms in total. The van der Waals surface area contributed by atoms with Gasteiger partial charge < -0.3 is 20.1 Å². The molecule has 2 aromatic carbocycles. The maximum atomic E-state index is 12.4. The Hall–Kier alpha value is -3.33. The van der Waals surface area contributed by atoms with E-state index in [9.17, 15) is 9.59 Å². The summed E-state index contributed by atoms with van der Waals surface area (Å²) >= 11 is 1.60. The number of anilines is 2. The number of nitrogens with one attached hydrogen (secondary N) is 2. The van der Waals surface area contributed by atoms with Gasteiger partial charge in [-0.15, -0.1) is 10.2 Å². The molecule has 0 radical (unpaired) electrons. The molecule has 0 aliphatic carbocycles. The summed E-state index contributed by atoms with van der Waals surface area (Å²) in [6, 6.07) is 14.6. The second-order valence-corrected chi connectivity index (χ2v) is 8.66. The lowest BCUT2D eigenvalue weighted by Crippen LogP contribution is -2.23. The van der Waals surface area contributed by atoms with Crippen molar-refractivity contribution < 1.29 is 9.59 Å². The third-order valence-corrected chi connectivity index (χ3v) is 5.84. The van der Waals surface area contributed by atoms with Crippen molar-refractivity contribution >= 4 is 35.1 Å². The van der Waals surface area contributed by atoms with Crippen LogP contribution in [0.2, 0.25) is 0 Å². The number of aryl methyl sites for hydroxylation is 1. The molecular formula is C22H26N6O2S. The molecule has 0 saturated heterocycles. The molecule has 162 valence electrons. The molecule has 0 saturated carbocycles. The van der Waals surface area contributed by atoms with Crippen molar-refractivity contribution in [3.63, 3.8) is 0 Å². The Morgan fingerprint density at radius 1 is 1.10 bits per heavy atom. The van der Waals surface area contributed by atoms with Gasteiger partial charge in [-0.25, -0.2) is 4.79 Å². The molecule has 3 amide bonds. The van der Waals surface area contributed by atoms with Crippen LogP contribution in [0.4, 0.5) is 16.2 Å². The zero-order valence-electron chi connectivity index (χ0n) is 18.0. The predicted octanol–water partition coefficient (Wildman–Crippen LogP) is 3.94. The van der Waals surface area contributed by atoms with Crippen LogP contribution in [0.25, 0.3) is 0 Å². The van der Waals surface area contributed by atoms with Gasteiger partial charge in [-0.1, -0.05) is 36.0 Å². The van der Waals surface area contributed by atoms with Crippen molar-refractivity contribution in [2.45, 2.75) is 23.8 Å². The Bertz CT molecular complexity index is 1050. The van der Waals surface area contributed by atoms with Crippen molar-refractivity contribution in [1.29, 1.82) is 0 Å². The number of carbonyl (C=O) groups excluding carboxylic acids is 2. The van der Waals surface area contributed by atoms with Gasteiger partial charge in [0.05, 0.1) is 6.42 Å². The number of benzene rings is 2. The van der Waals surface area contributed by atoms with E-state index >= 15 is 0 Å². The summed E-state index contributed by atoms with van der Waals surface area (Å²) < 4.78 is 1.87. The zero-order valence-corrected chi connectivity index (χ0v) is 18.8. The number of hydrogen-bond donors (Lipinski definition) is 2. The summed E-state index contributed by atoms with van der Waals surface area (Å²) in [5.74, 6) is 0.0323. The van der Waals surface area contributed by atoms with Crippen molar-refractivity contribution in [2.24, 2.45) is 7.05 Å². The first-order chi connectivity index (χ1) is 14.8. The highest BCUT2D eigenvalue weighted by atomic mass is 32.2. The highest BCUT2D eigenvalue weighted by Crippen LogP contribution is 2.34. The Morgan fingerprint density at radius 3 is 2.45 bits per heavy atom. The Kier molecular flexibility index (Phi) is 7.30. The molecule has 1 atom stereocenters. The van der Waals surface area contributed by atoms with Crippen molar-refractivity contribution in [3.05, 3.63) is 66.0 Å². The summed E-state index contributed by atoms with van der Waals surface area (Å²) in [6.07, 6.45) is 2.00. The van der Waals surface area contributed by atoms with E-state index in [1.807, 2.05) is 48.0 Å². The third kappa shape index (κ3) is 6.32. The minimum atomic E-state index is -0.331.